The van der Waals surface area contributed by atoms with Gasteiger partial charge in [-0.2, -0.15) is 0 Å². The zero-order chi connectivity index (χ0) is 27.5. The summed E-state index contributed by atoms with van der Waals surface area (Å²) < 4.78 is 26.8. The van der Waals surface area contributed by atoms with Gasteiger partial charge in [-0.15, -0.1) is 0 Å². The van der Waals surface area contributed by atoms with Crippen molar-refractivity contribution in [2.75, 3.05) is 37.0 Å². The van der Waals surface area contributed by atoms with Gasteiger partial charge in [-0.3, -0.25) is 4.79 Å². The molecule has 0 amide bonds. The monoisotopic (exact) mass is 534 g/mol. The van der Waals surface area contributed by atoms with Crippen molar-refractivity contribution in [1.29, 1.82) is 0 Å². The first-order valence-electron chi connectivity index (χ1n) is 12.9. The Hall–Kier alpha value is -4.41. The van der Waals surface area contributed by atoms with Crippen molar-refractivity contribution in [3.8, 4) is 0 Å². The number of benzene rings is 2. The molecule has 2 aromatic heterocycles. The maximum absolute atomic E-state index is 13.5. The summed E-state index contributed by atoms with van der Waals surface area (Å²) in [6.07, 6.45) is 1.30. The molecule has 2 aromatic carbocycles. The fraction of sp³-hybridized carbons (Fsp3) is 0.357. The predicted octanol–water partition coefficient (Wildman–Crippen LogP) is 4.19. The molecule has 0 saturated carbocycles. The normalized spacial score (nSPS) is 14.8. The van der Waals surface area contributed by atoms with Crippen LogP contribution in [0.1, 0.15) is 31.6 Å². The first kappa shape index (κ1) is 26.2. The number of hydrogen-bond acceptors (Lipinski definition) is 8. The smallest absolute Gasteiger partial charge is 0.438 e. The lowest BCUT2D eigenvalue weighted by molar-refractivity contribution is 0.0141. The summed E-state index contributed by atoms with van der Waals surface area (Å²) in [5.74, 6) is 1.03. The van der Waals surface area contributed by atoms with E-state index in [1.54, 1.807) is 19.1 Å². The molecular formula is C28H31FN6O4. The first-order chi connectivity index (χ1) is 18.9. The van der Waals surface area contributed by atoms with Crippen LogP contribution in [-0.4, -0.2) is 58.5 Å². The highest BCUT2D eigenvalue weighted by Crippen LogP contribution is 2.29. The van der Waals surface area contributed by atoms with E-state index in [9.17, 15) is 14.0 Å². The van der Waals surface area contributed by atoms with E-state index in [0.29, 0.717) is 12.5 Å². The second kappa shape index (κ2) is 11.1. The van der Waals surface area contributed by atoms with Crippen LogP contribution in [0.5, 0.6) is 0 Å². The van der Waals surface area contributed by atoms with Gasteiger partial charge in [0.1, 0.15) is 5.82 Å². The molecule has 10 nitrogen and oxygen atoms in total. The minimum Gasteiger partial charge on any atom is -0.438 e. The standard InChI is InChI=1S/C28H31FN6O4/c1-19(39-28(37)38-3)35-25(36)12-15-30-26(35)32(2)22-13-16-33(17-14-22)27-31-23-6-4-5-7-24(23)34(27)18-20-8-10-21(29)11-9-20/h4-12,15,19,22H,13-14,16-18H2,1-3H3. The third-order valence-electron chi connectivity index (χ3n) is 7.16. The molecule has 204 valence electrons. The molecule has 0 N–H and O–H groups in total. The quantitative estimate of drug-likeness (QED) is 0.326. The van der Waals surface area contributed by atoms with Crippen LogP contribution in [0.2, 0.25) is 0 Å². The van der Waals surface area contributed by atoms with E-state index in [1.165, 1.54) is 36.1 Å². The lowest BCUT2D eigenvalue weighted by atomic mass is 10.0. The molecule has 1 saturated heterocycles. The number of rotatable bonds is 7. The molecule has 1 aliphatic heterocycles. The van der Waals surface area contributed by atoms with Gasteiger partial charge in [0.05, 0.1) is 24.7 Å². The van der Waals surface area contributed by atoms with Crippen molar-refractivity contribution in [2.24, 2.45) is 0 Å². The van der Waals surface area contributed by atoms with Crippen LogP contribution in [-0.2, 0) is 16.0 Å². The van der Waals surface area contributed by atoms with Crippen LogP contribution in [0.25, 0.3) is 11.0 Å². The zero-order valence-electron chi connectivity index (χ0n) is 22.2. The van der Waals surface area contributed by atoms with Crippen LogP contribution >= 0.6 is 0 Å². The Morgan fingerprint density at radius 3 is 2.56 bits per heavy atom. The van der Waals surface area contributed by atoms with Crippen LogP contribution in [0.4, 0.5) is 21.1 Å². The molecule has 0 bridgehead atoms. The van der Waals surface area contributed by atoms with E-state index < -0.39 is 12.4 Å². The average molecular weight is 535 g/mol. The number of ether oxygens (including phenoxy) is 2. The second-order valence-corrected chi connectivity index (χ2v) is 9.57. The van der Waals surface area contributed by atoms with Crippen molar-refractivity contribution in [3.05, 3.63) is 82.5 Å². The molecule has 0 radical (unpaired) electrons. The lowest BCUT2D eigenvalue weighted by Crippen LogP contribution is -2.46. The SMILES string of the molecule is COC(=O)OC(C)n1c(N(C)C2CCN(c3nc4ccccc4n3Cc3ccc(F)cc3)CC2)nccc1=O. The summed E-state index contributed by atoms with van der Waals surface area (Å²) in [7, 11) is 3.11. The molecule has 39 heavy (non-hydrogen) atoms. The molecule has 0 aliphatic carbocycles. The molecule has 5 rings (SSSR count). The van der Waals surface area contributed by atoms with Gasteiger partial charge in [0.15, 0.2) is 6.23 Å². The molecule has 1 fully saturated rings. The summed E-state index contributed by atoms with van der Waals surface area (Å²) in [6, 6.07) is 16.0. The minimum atomic E-state index is -0.887. The fourth-order valence-electron chi connectivity index (χ4n) is 5.10. The number of imidazole rings is 1. The van der Waals surface area contributed by atoms with Crippen molar-refractivity contribution in [3.63, 3.8) is 0 Å². The number of methoxy groups -OCH3 is 1. The number of halogens is 1. The Morgan fingerprint density at radius 1 is 1.13 bits per heavy atom. The van der Waals surface area contributed by atoms with E-state index >= 15 is 0 Å². The number of aromatic nitrogens is 4. The van der Waals surface area contributed by atoms with Crippen LogP contribution in [0.3, 0.4) is 0 Å². The summed E-state index contributed by atoms with van der Waals surface area (Å²) in [6.45, 7) is 3.67. The predicted molar refractivity (Wildman–Crippen MR) is 146 cm³/mol. The largest absolute Gasteiger partial charge is 0.509 e. The van der Waals surface area contributed by atoms with E-state index in [1.807, 2.05) is 36.2 Å². The number of piperidine rings is 1. The lowest BCUT2D eigenvalue weighted by Gasteiger charge is -2.38. The number of carbonyl (C=O) groups is 1. The Labute approximate surface area is 225 Å². The third-order valence-corrected chi connectivity index (χ3v) is 7.16. The number of fused-ring (bicyclic) bond motifs is 1. The maximum Gasteiger partial charge on any atom is 0.509 e. The number of nitrogens with zero attached hydrogens (tertiary/aromatic N) is 6. The van der Waals surface area contributed by atoms with Gasteiger partial charge in [-0.05, 0) is 49.6 Å². The van der Waals surface area contributed by atoms with Gasteiger partial charge in [0.2, 0.25) is 11.9 Å². The highest BCUT2D eigenvalue weighted by molar-refractivity contribution is 5.79. The third kappa shape index (κ3) is 5.43. The molecule has 1 aliphatic rings. The Balaban J connectivity index is 1.36. The van der Waals surface area contributed by atoms with Gasteiger partial charge in [-0.1, -0.05) is 24.3 Å². The molecule has 1 unspecified atom stereocenters. The van der Waals surface area contributed by atoms with E-state index in [4.69, 9.17) is 9.72 Å². The molecular weight excluding hydrogens is 503 g/mol. The fourth-order valence-corrected chi connectivity index (χ4v) is 5.10. The molecule has 3 heterocycles. The van der Waals surface area contributed by atoms with Crippen LogP contribution in [0.15, 0.2) is 65.6 Å². The molecule has 1 atom stereocenters. The van der Waals surface area contributed by atoms with Crippen molar-refractivity contribution in [1.82, 2.24) is 19.1 Å². The molecule has 4 aromatic rings. The van der Waals surface area contributed by atoms with Gasteiger partial charge >= 0.3 is 6.16 Å². The van der Waals surface area contributed by atoms with Gasteiger partial charge < -0.3 is 23.8 Å². The van der Waals surface area contributed by atoms with Crippen molar-refractivity contribution < 1.29 is 18.7 Å². The Bertz CT molecular complexity index is 1510. The van der Waals surface area contributed by atoms with Gasteiger partial charge in [0, 0.05) is 38.4 Å². The second-order valence-electron chi connectivity index (χ2n) is 9.57. The van der Waals surface area contributed by atoms with E-state index in [-0.39, 0.29) is 17.4 Å². The van der Waals surface area contributed by atoms with Gasteiger partial charge in [0.25, 0.3) is 5.56 Å². The van der Waals surface area contributed by atoms with Crippen molar-refractivity contribution in [2.45, 2.75) is 38.6 Å². The first-order valence-corrected chi connectivity index (χ1v) is 12.9. The van der Waals surface area contributed by atoms with Crippen LogP contribution in [0, 0.1) is 5.82 Å². The summed E-state index contributed by atoms with van der Waals surface area (Å²) in [4.78, 5) is 38.0. The highest BCUT2D eigenvalue weighted by atomic mass is 19.1. The zero-order valence-corrected chi connectivity index (χ0v) is 22.2. The summed E-state index contributed by atoms with van der Waals surface area (Å²) in [5.41, 5.74) is 2.60. The Morgan fingerprint density at radius 2 is 1.85 bits per heavy atom. The topological polar surface area (TPSA) is 94.7 Å². The highest BCUT2D eigenvalue weighted by Gasteiger charge is 2.29. The summed E-state index contributed by atoms with van der Waals surface area (Å²) in [5, 5.41) is 0. The van der Waals surface area contributed by atoms with Gasteiger partial charge in [-0.25, -0.2) is 23.7 Å². The number of hydrogen-bond donors (Lipinski definition) is 0. The molecule has 0 spiro atoms. The number of para-hydroxylation sites is 2. The number of carbonyl (C=O) groups excluding carboxylic acids is 1. The molecule has 11 heteroatoms. The maximum atomic E-state index is 13.5. The number of anilines is 2. The van der Waals surface area contributed by atoms with E-state index in [2.05, 4.69) is 19.2 Å². The van der Waals surface area contributed by atoms with Crippen LogP contribution < -0.4 is 15.4 Å². The van der Waals surface area contributed by atoms with E-state index in [0.717, 1.165) is 48.5 Å². The van der Waals surface area contributed by atoms with Crippen molar-refractivity contribution >= 4 is 29.1 Å². The average Bonchev–Trinajstić information content (AvgIpc) is 3.31. The summed E-state index contributed by atoms with van der Waals surface area (Å²) >= 11 is 0. The Kier molecular flexibility index (Phi) is 7.49. The minimum absolute atomic E-state index is 0.0991.